The van der Waals surface area contributed by atoms with Gasteiger partial charge in [0.1, 0.15) is 11.3 Å². The predicted molar refractivity (Wildman–Crippen MR) is 72.9 cm³/mol. The summed E-state index contributed by atoms with van der Waals surface area (Å²) in [7, 11) is 1.81. The lowest BCUT2D eigenvalue weighted by molar-refractivity contribution is -0.142. The predicted octanol–water partition coefficient (Wildman–Crippen LogP) is 2.85. The first-order chi connectivity index (χ1) is 9.59. The number of carbonyl (C=O) groups is 1. The second kappa shape index (κ2) is 4.74. The molecular formula is C15H15FN2O2. The fraction of sp³-hybridized carbons (Fsp3) is 0.333. The third-order valence-corrected chi connectivity index (χ3v) is 3.98. The molecule has 20 heavy (non-hydrogen) atoms. The molecule has 5 heteroatoms. The molecule has 0 saturated heterocycles. The zero-order chi connectivity index (χ0) is 14.3. The summed E-state index contributed by atoms with van der Waals surface area (Å²) in [4.78, 5) is 15.7. The first-order valence-corrected chi connectivity index (χ1v) is 6.58. The summed E-state index contributed by atoms with van der Waals surface area (Å²) in [5.41, 5.74) is 1.00. The van der Waals surface area contributed by atoms with Crippen LogP contribution in [0, 0.1) is 11.7 Å². The molecule has 1 N–H and O–H groups in total. The summed E-state index contributed by atoms with van der Waals surface area (Å²) in [6.45, 7) is 0. The van der Waals surface area contributed by atoms with Crippen LogP contribution in [0.2, 0.25) is 0 Å². The van der Waals surface area contributed by atoms with Crippen molar-refractivity contribution in [2.45, 2.75) is 18.8 Å². The van der Waals surface area contributed by atoms with E-state index in [2.05, 4.69) is 4.98 Å². The fourth-order valence-corrected chi connectivity index (χ4v) is 2.90. The van der Waals surface area contributed by atoms with Crippen LogP contribution in [0.25, 0.3) is 11.0 Å². The van der Waals surface area contributed by atoms with Gasteiger partial charge in [-0.15, -0.1) is 0 Å². The largest absolute Gasteiger partial charge is 0.481 e. The number of hydrogen-bond acceptors (Lipinski definition) is 2. The quantitative estimate of drug-likeness (QED) is 0.857. The molecule has 1 heterocycles. The Morgan fingerprint density at radius 3 is 2.85 bits per heavy atom. The highest BCUT2D eigenvalue weighted by Crippen LogP contribution is 2.35. The van der Waals surface area contributed by atoms with E-state index >= 15 is 0 Å². The van der Waals surface area contributed by atoms with Crippen molar-refractivity contribution < 1.29 is 14.3 Å². The van der Waals surface area contributed by atoms with Gasteiger partial charge in [0.15, 0.2) is 5.82 Å². The molecule has 0 amide bonds. The van der Waals surface area contributed by atoms with Gasteiger partial charge in [-0.25, -0.2) is 9.37 Å². The second-order valence-corrected chi connectivity index (χ2v) is 5.13. The van der Waals surface area contributed by atoms with E-state index in [9.17, 15) is 14.3 Å². The minimum Gasteiger partial charge on any atom is -0.481 e. The van der Waals surface area contributed by atoms with Crippen LogP contribution in [0.5, 0.6) is 0 Å². The maximum absolute atomic E-state index is 13.8. The molecule has 1 aliphatic rings. The highest BCUT2D eigenvalue weighted by molar-refractivity contribution is 5.77. The number of halogens is 1. The lowest BCUT2D eigenvalue weighted by Gasteiger charge is -2.24. The standard InChI is InChI=1S/C15H15FN2O2/c1-18-12-8-4-7-11(16)13(12)17-14(18)9-5-2-3-6-10(9)15(19)20/h2-4,7-10H,5-6H2,1H3,(H,19,20). The van der Waals surface area contributed by atoms with Gasteiger partial charge < -0.3 is 9.67 Å². The van der Waals surface area contributed by atoms with Crippen LogP contribution in [0.1, 0.15) is 24.6 Å². The number of allylic oxidation sites excluding steroid dienone is 2. The summed E-state index contributed by atoms with van der Waals surface area (Å²) in [6, 6.07) is 4.80. The second-order valence-electron chi connectivity index (χ2n) is 5.13. The Kier molecular flexibility index (Phi) is 3.04. The van der Waals surface area contributed by atoms with Gasteiger partial charge in [0.05, 0.1) is 11.4 Å². The first-order valence-electron chi connectivity index (χ1n) is 6.58. The van der Waals surface area contributed by atoms with Crippen molar-refractivity contribution in [3.8, 4) is 0 Å². The Bertz CT molecular complexity index is 705. The Labute approximate surface area is 115 Å². The number of aromatic nitrogens is 2. The van der Waals surface area contributed by atoms with Gasteiger partial charge in [-0.1, -0.05) is 18.2 Å². The third kappa shape index (κ3) is 1.90. The zero-order valence-electron chi connectivity index (χ0n) is 11.1. The van der Waals surface area contributed by atoms with Crippen molar-refractivity contribution in [3.63, 3.8) is 0 Å². The number of aliphatic carboxylic acids is 1. The summed E-state index contributed by atoms with van der Waals surface area (Å²) in [6.07, 6.45) is 4.97. The number of aryl methyl sites for hydroxylation is 1. The summed E-state index contributed by atoms with van der Waals surface area (Å²) < 4.78 is 15.6. The van der Waals surface area contributed by atoms with Crippen molar-refractivity contribution in [1.82, 2.24) is 9.55 Å². The number of carboxylic acid groups (broad SMARTS) is 1. The molecule has 1 aromatic carbocycles. The van der Waals surface area contributed by atoms with Crippen molar-refractivity contribution in [3.05, 3.63) is 42.0 Å². The molecule has 1 aromatic heterocycles. The molecule has 0 saturated carbocycles. The average Bonchev–Trinajstić information content (AvgIpc) is 2.78. The highest BCUT2D eigenvalue weighted by Gasteiger charge is 2.33. The van der Waals surface area contributed by atoms with Crippen LogP contribution in [0.4, 0.5) is 4.39 Å². The fourth-order valence-electron chi connectivity index (χ4n) is 2.90. The minimum absolute atomic E-state index is 0.214. The number of benzene rings is 1. The Balaban J connectivity index is 2.14. The van der Waals surface area contributed by atoms with E-state index in [1.54, 1.807) is 23.7 Å². The van der Waals surface area contributed by atoms with Crippen molar-refractivity contribution in [1.29, 1.82) is 0 Å². The molecule has 0 fully saturated rings. The topological polar surface area (TPSA) is 55.1 Å². The van der Waals surface area contributed by atoms with E-state index in [1.165, 1.54) is 6.07 Å². The first kappa shape index (κ1) is 12.8. The van der Waals surface area contributed by atoms with Gasteiger partial charge in [0.2, 0.25) is 0 Å². The van der Waals surface area contributed by atoms with E-state index in [0.717, 1.165) is 0 Å². The van der Waals surface area contributed by atoms with E-state index in [1.807, 2.05) is 12.2 Å². The highest BCUT2D eigenvalue weighted by atomic mass is 19.1. The number of imidazole rings is 1. The summed E-state index contributed by atoms with van der Waals surface area (Å²) in [5, 5.41) is 9.35. The zero-order valence-corrected chi connectivity index (χ0v) is 11.1. The molecule has 0 radical (unpaired) electrons. The monoisotopic (exact) mass is 274 g/mol. The Hall–Kier alpha value is -2.17. The Morgan fingerprint density at radius 2 is 2.15 bits per heavy atom. The van der Waals surface area contributed by atoms with Crippen LogP contribution >= 0.6 is 0 Å². The SMILES string of the molecule is Cn1c(C2CC=CCC2C(=O)O)nc2c(F)cccc21. The molecular weight excluding hydrogens is 259 g/mol. The number of nitrogens with zero attached hydrogens (tertiary/aromatic N) is 2. The number of carboxylic acids is 1. The van der Waals surface area contributed by atoms with E-state index < -0.39 is 11.9 Å². The molecule has 0 bridgehead atoms. The van der Waals surface area contributed by atoms with Crippen LogP contribution in [-0.4, -0.2) is 20.6 Å². The number of para-hydroxylation sites is 1. The smallest absolute Gasteiger partial charge is 0.307 e. The number of fused-ring (bicyclic) bond motifs is 1. The van der Waals surface area contributed by atoms with Crippen molar-refractivity contribution >= 4 is 17.0 Å². The lowest BCUT2D eigenvalue weighted by Crippen LogP contribution is -2.25. The number of hydrogen-bond donors (Lipinski definition) is 1. The average molecular weight is 274 g/mol. The van der Waals surface area contributed by atoms with Crippen LogP contribution < -0.4 is 0 Å². The van der Waals surface area contributed by atoms with Gasteiger partial charge in [-0.05, 0) is 25.0 Å². The molecule has 0 aliphatic heterocycles. The summed E-state index contributed by atoms with van der Waals surface area (Å²) >= 11 is 0. The maximum Gasteiger partial charge on any atom is 0.307 e. The van der Waals surface area contributed by atoms with Gasteiger partial charge in [-0.2, -0.15) is 0 Å². The van der Waals surface area contributed by atoms with Crippen molar-refractivity contribution in [2.24, 2.45) is 13.0 Å². The molecule has 2 aromatic rings. The van der Waals surface area contributed by atoms with Crippen LogP contribution in [-0.2, 0) is 11.8 Å². The van der Waals surface area contributed by atoms with Crippen LogP contribution in [0.3, 0.4) is 0 Å². The molecule has 4 nitrogen and oxygen atoms in total. The normalized spacial score (nSPS) is 22.3. The van der Waals surface area contributed by atoms with E-state index in [0.29, 0.717) is 29.7 Å². The van der Waals surface area contributed by atoms with Gasteiger partial charge in [0.25, 0.3) is 0 Å². The lowest BCUT2D eigenvalue weighted by atomic mass is 9.82. The van der Waals surface area contributed by atoms with E-state index in [4.69, 9.17) is 0 Å². The van der Waals surface area contributed by atoms with Crippen LogP contribution in [0.15, 0.2) is 30.4 Å². The molecule has 3 rings (SSSR count). The minimum atomic E-state index is -0.827. The van der Waals surface area contributed by atoms with E-state index in [-0.39, 0.29) is 11.7 Å². The molecule has 2 unspecified atom stereocenters. The third-order valence-electron chi connectivity index (χ3n) is 3.98. The number of rotatable bonds is 2. The molecule has 2 atom stereocenters. The molecule has 0 spiro atoms. The summed E-state index contributed by atoms with van der Waals surface area (Å²) in [5.74, 6) is -1.27. The van der Waals surface area contributed by atoms with Crippen molar-refractivity contribution in [2.75, 3.05) is 0 Å². The van der Waals surface area contributed by atoms with Gasteiger partial charge in [-0.3, -0.25) is 4.79 Å². The maximum atomic E-state index is 13.8. The van der Waals surface area contributed by atoms with Gasteiger partial charge >= 0.3 is 5.97 Å². The molecule has 104 valence electrons. The molecule has 1 aliphatic carbocycles. The van der Waals surface area contributed by atoms with Gasteiger partial charge in [0, 0.05) is 13.0 Å². The Morgan fingerprint density at radius 1 is 1.40 bits per heavy atom.